The summed E-state index contributed by atoms with van der Waals surface area (Å²) in [6, 6.07) is 5.27. The van der Waals surface area contributed by atoms with Crippen LogP contribution in [0.3, 0.4) is 0 Å². The minimum atomic E-state index is -0.506. The van der Waals surface area contributed by atoms with Gasteiger partial charge in [0.05, 0.1) is 12.5 Å². The largest absolute Gasteiger partial charge is 0.359 e. The highest BCUT2D eigenvalue weighted by molar-refractivity contribution is 5.96. The molecule has 23 heavy (non-hydrogen) atoms. The molecule has 2 N–H and O–H groups in total. The molecule has 1 aromatic rings. The molecule has 1 unspecified atom stereocenters. The smallest absolute Gasteiger partial charge is 0.251 e. The van der Waals surface area contributed by atoms with E-state index in [1.807, 2.05) is 0 Å². The highest BCUT2D eigenvalue weighted by Crippen LogP contribution is 2.16. The zero-order chi connectivity index (χ0) is 16.8. The first-order valence-corrected chi connectivity index (χ1v) is 7.54. The summed E-state index contributed by atoms with van der Waals surface area (Å²) in [6.45, 7) is 0.756. The number of nitrogens with one attached hydrogen (secondary N) is 2. The minimum Gasteiger partial charge on any atom is -0.359 e. The van der Waals surface area contributed by atoms with Crippen LogP contribution in [0.2, 0.25) is 0 Å². The fourth-order valence-electron chi connectivity index (χ4n) is 2.62. The first-order chi connectivity index (χ1) is 11.0. The maximum Gasteiger partial charge on any atom is 0.251 e. The third-order valence-electron chi connectivity index (χ3n) is 3.88. The molecule has 1 atom stereocenters. The predicted molar refractivity (Wildman–Crippen MR) is 82.1 cm³/mol. The van der Waals surface area contributed by atoms with E-state index in [4.69, 9.17) is 0 Å². The molecule has 124 valence electrons. The highest BCUT2D eigenvalue weighted by Gasteiger charge is 2.27. The van der Waals surface area contributed by atoms with Crippen molar-refractivity contribution in [2.75, 3.05) is 26.7 Å². The number of benzene rings is 1. The minimum absolute atomic E-state index is 0.0775. The number of amides is 3. The lowest BCUT2D eigenvalue weighted by atomic mass is 9.97. The summed E-state index contributed by atoms with van der Waals surface area (Å²) in [5.41, 5.74) is 0.166. The number of piperidine rings is 1. The van der Waals surface area contributed by atoms with Crippen LogP contribution < -0.4 is 10.6 Å². The lowest BCUT2D eigenvalue weighted by Gasteiger charge is -2.31. The third-order valence-corrected chi connectivity index (χ3v) is 3.88. The Morgan fingerprint density at radius 3 is 2.83 bits per heavy atom. The van der Waals surface area contributed by atoms with E-state index >= 15 is 0 Å². The van der Waals surface area contributed by atoms with Gasteiger partial charge in [-0.1, -0.05) is 6.07 Å². The summed E-state index contributed by atoms with van der Waals surface area (Å²) >= 11 is 0. The second-order valence-corrected chi connectivity index (χ2v) is 5.49. The number of hydrogen-bond acceptors (Lipinski definition) is 3. The molecule has 6 nitrogen and oxygen atoms in total. The van der Waals surface area contributed by atoms with E-state index in [0.29, 0.717) is 13.1 Å². The Labute approximate surface area is 134 Å². The van der Waals surface area contributed by atoms with E-state index < -0.39 is 11.7 Å². The fourth-order valence-corrected chi connectivity index (χ4v) is 2.62. The lowest BCUT2D eigenvalue weighted by molar-refractivity contribution is -0.134. The molecule has 2 rings (SSSR count). The van der Waals surface area contributed by atoms with Crippen LogP contribution in [-0.2, 0) is 9.59 Å². The number of rotatable bonds is 4. The quantitative estimate of drug-likeness (QED) is 0.849. The van der Waals surface area contributed by atoms with Crippen molar-refractivity contribution in [3.05, 3.63) is 35.6 Å². The van der Waals surface area contributed by atoms with Crippen LogP contribution >= 0.6 is 0 Å². The Morgan fingerprint density at radius 2 is 2.13 bits per heavy atom. The summed E-state index contributed by atoms with van der Waals surface area (Å²) in [4.78, 5) is 37.3. The molecule has 0 radical (unpaired) electrons. The van der Waals surface area contributed by atoms with E-state index in [0.717, 1.165) is 18.9 Å². The summed E-state index contributed by atoms with van der Waals surface area (Å²) in [5.74, 6) is -1.54. The summed E-state index contributed by atoms with van der Waals surface area (Å²) in [6.07, 6.45) is 1.50. The molecular weight excluding hydrogens is 301 g/mol. The van der Waals surface area contributed by atoms with Crippen LogP contribution in [0.1, 0.15) is 23.2 Å². The number of carbonyl (C=O) groups is 3. The Bertz CT molecular complexity index is 606. The number of likely N-dealkylation sites (tertiary alicyclic amines) is 1. The number of hydrogen-bond donors (Lipinski definition) is 2. The highest BCUT2D eigenvalue weighted by atomic mass is 19.1. The summed E-state index contributed by atoms with van der Waals surface area (Å²) in [5, 5.41) is 5.07. The van der Waals surface area contributed by atoms with E-state index in [9.17, 15) is 18.8 Å². The number of halogens is 1. The second-order valence-electron chi connectivity index (χ2n) is 5.49. The normalized spacial score (nSPS) is 17.5. The average Bonchev–Trinajstić information content (AvgIpc) is 2.58. The van der Waals surface area contributed by atoms with Crippen LogP contribution in [0.15, 0.2) is 24.3 Å². The lowest BCUT2D eigenvalue weighted by Crippen LogP contribution is -2.48. The van der Waals surface area contributed by atoms with Crippen molar-refractivity contribution >= 4 is 17.7 Å². The van der Waals surface area contributed by atoms with Gasteiger partial charge in [-0.15, -0.1) is 0 Å². The Hall–Kier alpha value is -2.44. The molecule has 0 spiro atoms. The van der Waals surface area contributed by atoms with Crippen molar-refractivity contribution in [1.82, 2.24) is 15.5 Å². The van der Waals surface area contributed by atoms with Gasteiger partial charge in [-0.05, 0) is 31.0 Å². The van der Waals surface area contributed by atoms with Crippen molar-refractivity contribution in [2.45, 2.75) is 12.8 Å². The van der Waals surface area contributed by atoms with Gasteiger partial charge in [-0.25, -0.2) is 4.39 Å². The SMILES string of the molecule is CNC(=O)C1CCCN(C(=O)CNC(=O)c2cccc(F)c2)C1. The van der Waals surface area contributed by atoms with Crippen molar-refractivity contribution < 1.29 is 18.8 Å². The topological polar surface area (TPSA) is 78.5 Å². The maximum absolute atomic E-state index is 13.1. The summed E-state index contributed by atoms with van der Waals surface area (Å²) in [7, 11) is 1.57. The van der Waals surface area contributed by atoms with E-state index in [-0.39, 0.29) is 29.8 Å². The molecule has 7 heteroatoms. The monoisotopic (exact) mass is 321 g/mol. The molecule has 1 fully saturated rings. The van der Waals surface area contributed by atoms with Gasteiger partial charge in [-0.3, -0.25) is 14.4 Å². The Morgan fingerprint density at radius 1 is 1.35 bits per heavy atom. The first kappa shape index (κ1) is 16.9. The van der Waals surface area contributed by atoms with Crippen LogP contribution in [0.25, 0.3) is 0 Å². The Kier molecular flexibility index (Phi) is 5.67. The standard InChI is InChI=1S/C16H20FN3O3/c1-18-15(22)12-5-3-7-20(10-12)14(21)9-19-16(23)11-4-2-6-13(17)8-11/h2,4,6,8,12H,3,5,7,9-10H2,1H3,(H,18,22)(H,19,23). The maximum atomic E-state index is 13.1. The number of carbonyl (C=O) groups excluding carboxylic acids is 3. The second kappa shape index (κ2) is 7.71. The third kappa shape index (κ3) is 4.51. The van der Waals surface area contributed by atoms with Gasteiger partial charge in [-0.2, -0.15) is 0 Å². The first-order valence-electron chi connectivity index (χ1n) is 7.54. The van der Waals surface area contributed by atoms with Gasteiger partial charge in [0.15, 0.2) is 0 Å². The van der Waals surface area contributed by atoms with Crippen LogP contribution in [0.5, 0.6) is 0 Å². The van der Waals surface area contributed by atoms with Gasteiger partial charge in [0.1, 0.15) is 5.82 Å². The van der Waals surface area contributed by atoms with Gasteiger partial charge in [0, 0.05) is 25.7 Å². The Balaban J connectivity index is 1.87. The van der Waals surface area contributed by atoms with E-state index in [2.05, 4.69) is 10.6 Å². The van der Waals surface area contributed by atoms with Crippen molar-refractivity contribution in [1.29, 1.82) is 0 Å². The molecule has 1 aromatic carbocycles. The average molecular weight is 321 g/mol. The van der Waals surface area contributed by atoms with Crippen LogP contribution in [-0.4, -0.2) is 49.3 Å². The molecule has 1 saturated heterocycles. The van der Waals surface area contributed by atoms with E-state index in [1.54, 1.807) is 11.9 Å². The molecule has 3 amide bonds. The van der Waals surface area contributed by atoms with E-state index in [1.165, 1.54) is 18.2 Å². The molecule has 0 bridgehead atoms. The number of nitrogens with zero attached hydrogens (tertiary/aromatic N) is 1. The zero-order valence-electron chi connectivity index (χ0n) is 13.0. The van der Waals surface area contributed by atoms with Crippen LogP contribution in [0.4, 0.5) is 4.39 Å². The van der Waals surface area contributed by atoms with Gasteiger partial charge in [0.2, 0.25) is 11.8 Å². The molecule has 1 heterocycles. The zero-order valence-corrected chi connectivity index (χ0v) is 13.0. The molecule has 1 aliphatic heterocycles. The molecule has 1 aliphatic rings. The predicted octanol–water partition coefficient (Wildman–Crippen LogP) is 0.540. The van der Waals surface area contributed by atoms with Gasteiger partial charge < -0.3 is 15.5 Å². The van der Waals surface area contributed by atoms with Gasteiger partial charge >= 0.3 is 0 Å². The van der Waals surface area contributed by atoms with Crippen molar-refractivity contribution in [2.24, 2.45) is 5.92 Å². The molecule has 0 saturated carbocycles. The van der Waals surface area contributed by atoms with Crippen molar-refractivity contribution in [3.63, 3.8) is 0 Å². The molecular formula is C16H20FN3O3. The summed E-state index contributed by atoms with van der Waals surface area (Å²) < 4.78 is 13.1. The molecule has 0 aliphatic carbocycles. The fraction of sp³-hybridized carbons (Fsp3) is 0.438. The molecule has 0 aromatic heterocycles. The van der Waals surface area contributed by atoms with Crippen LogP contribution in [0, 0.1) is 11.7 Å². The van der Waals surface area contributed by atoms with Gasteiger partial charge in [0.25, 0.3) is 5.91 Å². The van der Waals surface area contributed by atoms with Crippen molar-refractivity contribution in [3.8, 4) is 0 Å².